The van der Waals surface area contributed by atoms with Crippen molar-refractivity contribution in [2.75, 3.05) is 26.8 Å². The van der Waals surface area contributed by atoms with Gasteiger partial charge in [0.05, 0.1) is 6.61 Å². The lowest BCUT2D eigenvalue weighted by Gasteiger charge is -2.37. The van der Waals surface area contributed by atoms with Crippen LogP contribution in [0.4, 0.5) is 0 Å². The number of rotatable bonds is 2. The summed E-state index contributed by atoms with van der Waals surface area (Å²) >= 11 is 0. The molecule has 2 nitrogen and oxygen atoms in total. The van der Waals surface area contributed by atoms with Crippen molar-refractivity contribution in [3.63, 3.8) is 0 Å². The zero-order valence-electron chi connectivity index (χ0n) is 7.94. The molecule has 2 rings (SSSR count). The number of hydrogen-bond acceptors (Lipinski definition) is 2. The number of ether oxygens (including phenoxy) is 1. The molecule has 1 aliphatic carbocycles. The van der Waals surface area contributed by atoms with Crippen LogP contribution in [0.5, 0.6) is 0 Å². The Hall–Kier alpha value is -0.0800. The molecule has 1 saturated carbocycles. The van der Waals surface area contributed by atoms with E-state index in [1.165, 1.54) is 38.8 Å². The van der Waals surface area contributed by atoms with Crippen LogP contribution in [0.3, 0.4) is 0 Å². The maximum absolute atomic E-state index is 5.35. The summed E-state index contributed by atoms with van der Waals surface area (Å²) in [6, 6.07) is 0. The van der Waals surface area contributed by atoms with Crippen LogP contribution >= 0.6 is 0 Å². The Morgan fingerprint density at radius 3 is 3.25 bits per heavy atom. The van der Waals surface area contributed by atoms with Gasteiger partial charge in [0.1, 0.15) is 0 Å². The van der Waals surface area contributed by atoms with Crippen molar-refractivity contribution in [2.45, 2.75) is 25.7 Å². The van der Waals surface area contributed by atoms with Gasteiger partial charge in [0.2, 0.25) is 0 Å². The second-order valence-electron chi connectivity index (χ2n) is 4.37. The molecule has 70 valence electrons. The summed E-state index contributed by atoms with van der Waals surface area (Å²) in [5.41, 5.74) is 0.507. The van der Waals surface area contributed by atoms with E-state index >= 15 is 0 Å². The second-order valence-corrected chi connectivity index (χ2v) is 4.37. The lowest BCUT2D eigenvalue weighted by atomic mass is 9.69. The van der Waals surface area contributed by atoms with E-state index < -0.39 is 0 Å². The molecule has 0 aromatic heterocycles. The molecule has 1 heterocycles. The maximum atomic E-state index is 5.35. The van der Waals surface area contributed by atoms with Gasteiger partial charge in [0, 0.05) is 19.1 Å². The van der Waals surface area contributed by atoms with Crippen LogP contribution in [0, 0.1) is 11.3 Å². The minimum absolute atomic E-state index is 0.507. The molecule has 2 aliphatic rings. The van der Waals surface area contributed by atoms with Gasteiger partial charge >= 0.3 is 0 Å². The van der Waals surface area contributed by atoms with Gasteiger partial charge < -0.3 is 10.1 Å². The maximum Gasteiger partial charge on any atom is 0.0533 e. The molecule has 12 heavy (non-hydrogen) atoms. The molecule has 2 unspecified atom stereocenters. The molecular formula is C10H19NO. The minimum Gasteiger partial charge on any atom is -0.384 e. The summed E-state index contributed by atoms with van der Waals surface area (Å²) in [4.78, 5) is 0. The Balaban J connectivity index is 2.06. The average Bonchev–Trinajstić information content (AvgIpc) is 2.48. The first kappa shape index (κ1) is 8.52. The molecule has 2 atom stereocenters. The quantitative estimate of drug-likeness (QED) is 0.675. The van der Waals surface area contributed by atoms with Gasteiger partial charge in [-0.05, 0) is 25.3 Å². The highest BCUT2D eigenvalue weighted by molar-refractivity contribution is 4.97. The van der Waals surface area contributed by atoms with Crippen LogP contribution in [0.2, 0.25) is 0 Å². The third kappa shape index (κ3) is 1.27. The molecule has 0 bridgehead atoms. The highest BCUT2D eigenvalue weighted by Crippen LogP contribution is 2.43. The summed E-state index contributed by atoms with van der Waals surface area (Å²) in [5, 5.41) is 3.51. The van der Waals surface area contributed by atoms with Crippen molar-refractivity contribution >= 4 is 0 Å². The van der Waals surface area contributed by atoms with Gasteiger partial charge in [0.25, 0.3) is 0 Å². The minimum atomic E-state index is 0.507. The first-order valence-electron chi connectivity index (χ1n) is 5.07. The molecule has 0 radical (unpaired) electrons. The largest absolute Gasteiger partial charge is 0.384 e. The van der Waals surface area contributed by atoms with E-state index in [1.54, 1.807) is 0 Å². The number of hydrogen-bond donors (Lipinski definition) is 1. The van der Waals surface area contributed by atoms with E-state index in [0.29, 0.717) is 5.41 Å². The predicted molar refractivity (Wildman–Crippen MR) is 49.1 cm³/mol. The average molecular weight is 169 g/mol. The summed E-state index contributed by atoms with van der Waals surface area (Å²) in [5.74, 6) is 0.895. The van der Waals surface area contributed by atoms with Crippen LogP contribution < -0.4 is 5.32 Å². The standard InChI is InChI=1S/C10H19NO/c1-12-8-10-5-3-2-4-9(10)6-11-7-10/h9,11H,2-8H2,1H3. The molecule has 0 aromatic rings. The van der Waals surface area contributed by atoms with Crippen LogP contribution in [0.1, 0.15) is 25.7 Å². The van der Waals surface area contributed by atoms with Gasteiger partial charge in [-0.15, -0.1) is 0 Å². The number of fused-ring (bicyclic) bond motifs is 1. The Kier molecular flexibility index (Phi) is 2.37. The summed E-state index contributed by atoms with van der Waals surface area (Å²) in [7, 11) is 1.83. The van der Waals surface area contributed by atoms with Crippen LogP contribution in [0.25, 0.3) is 0 Å². The highest BCUT2D eigenvalue weighted by Gasteiger charge is 2.43. The fourth-order valence-electron chi connectivity index (χ4n) is 2.95. The fourth-order valence-corrected chi connectivity index (χ4v) is 2.95. The van der Waals surface area contributed by atoms with Crippen molar-refractivity contribution < 1.29 is 4.74 Å². The van der Waals surface area contributed by atoms with Crippen molar-refractivity contribution in [3.8, 4) is 0 Å². The topological polar surface area (TPSA) is 21.3 Å². The molecule has 0 amide bonds. The lowest BCUT2D eigenvalue weighted by molar-refractivity contribution is 0.0331. The molecule has 2 fully saturated rings. The molecule has 0 spiro atoms. The molecule has 1 saturated heterocycles. The number of nitrogens with one attached hydrogen (secondary N) is 1. The Labute approximate surface area is 74.7 Å². The fraction of sp³-hybridized carbons (Fsp3) is 1.00. The van der Waals surface area contributed by atoms with Crippen LogP contribution in [0.15, 0.2) is 0 Å². The normalized spacial score (nSPS) is 41.2. The van der Waals surface area contributed by atoms with E-state index in [0.717, 1.165) is 12.5 Å². The van der Waals surface area contributed by atoms with Gasteiger partial charge in [-0.25, -0.2) is 0 Å². The van der Waals surface area contributed by atoms with Crippen LogP contribution in [-0.4, -0.2) is 26.8 Å². The van der Waals surface area contributed by atoms with Crippen molar-refractivity contribution in [3.05, 3.63) is 0 Å². The lowest BCUT2D eigenvalue weighted by Crippen LogP contribution is -2.37. The first-order chi connectivity index (χ1) is 5.87. The van der Waals surface area contributed by atoms with Crippen molar-refractivity contribution in [2.24, 2.45) is 11.3 Å². The molecule has 2 heteroatoms. The first-order valence-corrected chi connectivity index (χ1v) is 5.07. The van der Waals surface area contributed by atoms with Gasteiger partial charge in [0.15, 0.2) is 0 Å². The summed E-state index contributed by atoms with van der Waals surface area (Å²) in [6.07, 6.45) is 5.62. The second kappa shape index (κ2) is 3.35. The van der Waals surface area contributed by atoms with E-state index in [4.69, 9.17) is 4.74 Å². The van der Waals surface area contributed by atoms with Crippen molar-refractivity contribution in [1.82, 2.24) is 5.32 Å². The van der Waals surface area contributed by atoms with Gasteiger partial charge in [-0.2, -0.15) is 0 Å². The highest BCUT2D eigenvalue weighted by atomic mass is 16.5. The third-order valence-corrected chi connectivity index (χ3v) is 3.64. The summed E-state index contributed by atoms with van der Waals surface area (Å²) < 4.78 is 5.35. The zero-order chi connectivity index (χ0) is 8.44. The zero-order valence-corrected chi connectivity index (χ0v) is 7.94. The SMILES string of the molecule is COCC12CCCCC1CNC2. The molecule has 0 aromatic carbocycles. The monoisotopic (exact) mass is 169 g/mol. The third-order valence-electron chi connectivity index (χ3n) is 3.64. The van der Waals surface area contributed by atoms with E-state index in [2.05, 4.69) is 5.32 Å². The predicted octanol–water partition coefficient (Wildman–Crippen LogP) is 1.41. The van der Waals surface area contributed by atoms with Crippen LogP contribution in [-0.2, 0) is 4.74 Å². The van der Waals surface area contributed by atoms with E-state index in [1.807, 2.05) is 7.11 Å². The summed E-state index contributed by atoms with van der Waals surface area (Å²) in [6.45, 7) is 3.37. The van der Waals surface area contributed by atoms with Crippen molar-refractivity contribution in [1.29, 1.82) is 0 Å². The molecule has 1 aliphatic heterocycles. The van der Waals surface area contributed by atoms with Gasteiger partial charge in [-0.1, -0.05) is 12.8 Å². The Bertz CT molecular complexity index is 156. The molecule has 1 N–H and O–H groups in total. The smallest absolute Gasteiger partial charge is 0.0533 e. The van der Waals surface area contributed by atoms with E-state index in [9.17, 15) is 0 Å². The van der Waals surface area contributed by atoms with E-state index in [-0.39, 0.29) is 0 Å². The molecular weight excluding hydrogens is 150 g/mol. The Morgan fingerprint density at radius 2 is 2.42 bits per heavy atom. The van der Waals surface area contributed by atoms with Gasteiger partial charge in [-0.3, -0.25) is 0 Å². The number of methoxy groups -OCH3 is 1. The Morgan fingerprint density at radius 1 is 1.50 bits per heavy atom.